The molecule has 1 atom stereocenters. The van der Waals surface area contributed by atoms with E-state index in [9.17, 15) is 24.0 Å². The fourth-order valence-electron chi connectivity index (χ4n) is 11.7. The van der Waals surface area contributed by atoms with Crippen molar-refractivity contribution in [3.05, 3.63) is 293 Å². The molecule has 17 nitrogen and oxygen atoms in total. The van der Waals surface area contributed by atoms with Crippen molar-refractivity contribution in [2.24, 2.45) is 5.92 Å². The molecule has 0 spiro atoms. The molecule has 0 bridgehead atoms. The quantitative estimate of drug-likeness (QED) is 0.0279. The molecule has 1 saturated carbocycles. The number of aliphatic hydroxyl groups is 1. The highest BCUT2D eigenvalue weighted by Gasteiger charge is 2.23. The first kappa shape index (κ1) is 90.9. The lowest BCUT2D eigenvalue weighted by Gasteiger charge is -2.26. The van der Waals surface area contributed by atoms with E-state index in [1.165, 1.54) is 13.5 Å². The average Bonchev–Trinajstić information content (AvgIpc) is 0.855. The number of halogens is 5. The van der Waals surface area contributed by atoms with Crippen LogP contribution in [0.25, 0.3) is 55.6 Å². The third-order valence-electron chi connectivity index (χ3n) is 17.6. The molecule has 0 aromatic heterocycles. The molecule has 113 heavy (non-hydrogen) atoms. The predicted octanol–water partition coefficient (Wildman–Crippen LogP) is 20.4. The minimum Gasteiger partial charge on any atom is -0.394 e. The summed E-state index contributed by atoms with van der Waals surface area (Å²) in [7, 11) is 9.59. The summed E-state index contributed by atoms with van der Waals surface area (Å²) in [6, 6.07) is 66.1. The van der Waals surface area contributed by atoms with E-state index in [-0.39, 0.29) is 47.7 Å². The smallest absolute Gasteiger partial charge is 0.274 e. The van der Waals surface area contributed by atoms with Crippen LogP contribution in [-0.2, 0) is 61.6 Å². The van der Waals surface area contributed by atoms with Gasteiger partial charge in [-0.15, -0.1) is 0 Å². The number of rotatable bonds is 26. The second-order valence-electron chi connectivity index (χ2n) is 28.2. The zero-order valence-corrected chi connectivity index (χ0v) is 69.6. The maximum absolute atomic E-state index is 12.3. The summed E-state index contributed by atoms with van der Waals surface area (Å²) < 4.78 is 26.4. The van der Waals surface area contributed by atoms with Gasteiger partial charge < -0.3 is 50.1 Å². The van der Waals surface area contributed by atoms with Gasteiger partial charge in [-0.25, -0.2) is 5.48 Å². The van der Waals surface area contributed by atoms with Gasteiger partial charge in [-0.05, 0) is 258 Å². The topological polar surface area (TPSA) is 221 Å². The van der Waals surface area contributed by atoms with Crippen LogP contribution in [0.15, 0.2) is 212 Å². The summed E-state index contributed by atoms with van der Waals surface area (Å²) in [4.78, 5) is 65.5. The van der Waals surface area contributed by atoms with E-state index in [4.69, 9.17) is 86.8 Å². The first-order chi connectivity index (χ1) is 54.2. The largest absolute Gasteiger partial charge is 0.394 e. The number of ether oxygens (including phenoxy) is 5. The van der Waals surface area contributed by atoms with Gasteiger partial charge in [0.05, 0.1) is 46.8 Å². The fraction of sp³-hybridized carbons (Fsp3) is 0.286. The molecule has 1 aliphatic carbocycles. The maximum atomic E-state index is 12.3. The molecule has 22 heteroatoms. The Hall–Kier alpha value is -9.28. The first-order valence-electron chi connectivity index (χ1n) is 36.7. The minimum absolute atomic E-state index is 0.00490. The number of hydrogen-bond acceptors (Lipinski definition) is 12. The molecule has 11 rings (SSSR count). The Labute approximate surface area is 689 Å². The number of benzene rings is 10. The number of carbonyl (C=O) groups is 5. The summed E-state index contributed by atoms with van der Waals surface area (Å²) in [5.41, 5.74) is 20.2. The lowest BCUT2D eigenvalue weighted by Crippen LogP contribution is -2.40. The van der Waals surface area contributed by atoms with Crippen molar-refractivity contribution >= 4 is 87.5 Å². The van der Waals surface area contributed by atoms with Crippen molar-refractivity contribution in [3.63, 3.8) is 0 Å². The van der Waals surface area contributed by atoms with Crippen molar-refractivity contribution < 1.29 is 57.6 Å². The van der Waals surface area contributed by atoms with Gasteiger partial charge in [0.2, 0.25) is 0 Å². The van der Waals surface area contributed by atoms with Crippen LogP contribution in [0.4, 0.5) is 0 Å². The fourth-order valence-corrected chi connectivity index (χ4v) is 12.4. The highest BCUT2D eigenvalue weighted by Crippen LogP contribution is 2.33. The Balaban J connectivity index is 0.000000196. The van der Waals surface area contributed by atoms with Crippen molar-refractivity contribution in [2.75, 3.05) is 55.8 Å². The Bertz CT molecular complexity index is 4620. The molecule has 10 aromatic carbocycles. The molecule has 0 radical (unpaired) electrons. The van der Waals surface area contributed by atoms with Gasteiger partial charge in [-0.2, -0.15) is 0 Å². The summed E-state index contributed by atoms with van der Waals surface area (Å²) in [5.74, 6) is -0.235. The molecule has 596 valence electrons. The van der Waals surface area contributed by atoms with Gasteiger partial charge in [0.1, 0.15) is 0 Å². The molecule has 1 fully saturated rings. The Kier molecular flexibility index (Phi) is 37.1. The number of methoxy groups -OCH3 is 5. The molecule has 0 heterocycles. The van der Waals surface area contributed by atoms with Gasteiger partial charge in [-0.3, -0.25) is 28.8 Å². The van der Waals surface area contributed by atoms with Crippen LogP contribution in [0.1, 0.15) is 140 Å². The molecule has 1 unspecified atom stereocenters. The number of hydrogen-bond donors (Lipinski definition) is 6. The van der Waals surface area contributed by atoms with Crippen LogP contribution in [-0.4, -0.2) is 108 Å². The second kappa shape index (κ2) is 46.2. The lowest BCUT2D eigenvalue weighted by molar-refractivity contribution is 0.0537. The molecule has 0 aliphatic heterocycles. The van der Waals surface area contributed by atoms with Gasteiger partial charge in [0, 0.05) is 113 Å². The van der Waals surface area contributed by atoms with Gasteiger partial charge in [0.25, 0.3) is 29.5 Å². The highest BCUT2D eigenvalue weighted by molar-refractivity contribution is 6.32. The predicted molar refractivity (Wildman–Crippen MR) is 456 cm³/mol. The monoisotopic (exact) mass is 1630 g/mol. The standard InChI is InChI=1S/C19H20ClNO2.2C19H22ClNO2.C18H20ClNO3.C16H16ClNO3/c1-23-12-15-11-14(19(22)21-17-3-2-4-17)7-10-18(15)13-5-8-16(20)9-6-13;1-19(2,3)21-18(22)14-7-10-17(15(11-14)12-23-4)13-5-8-16(20)9-6-13;1-13(2)11-21-19(22)15-6-9-18(16(10-15)12-23-3)14-4-7-17(20)8-5-14;1-12(10-21)20-18(22)14-5-8-17(15(9-14)11-23-2)13-3-6-16(19)7-4-13;1-20-10-13-9-12(16(19)18-21-2)5-8-15(13)11-3-6-14(17)7-4-11/h5-11,17H,2-4,12H2,1H3,(H,21,22);5-11H,12H2,1-4H3,(H,21,22);4-10,13H,11-12H2,1-3H3,(H,21,22);3-9,12,21H,10-11H2,1-2H3,(H,20,22);3-9H,10H2,1-2H3,(H,18,19). The van der Waals surface area contributed by atoms with Crippen LogP contribution < -0.4 is 26.7 Å². The normalized spacial score (nSPS) is 11.8. The first-order valence-corrected chi connectivity index (χ1v) is 38.6. The summed E-state index contributed by atoms with van der Waals surface area (Å²) >= 11 is 29.7. The van der Waals surface area contributed by atoms with E-state index in [0.29, 0.717) is 104 Å². The summed E-state index contributed by atoms with van der Waals surface area (Å²) in [6.07, 6.45) is 3.37. The Morgan fingerprint density at radius 3 is 0.912 bits per heavy atom. The Morgan fingerprint density at radius 2 is 0.664 bits per heavy atom. The van der Waals surface area contributed by atoms with Crippen LogP contribution in [0.3, 0.4) is 0 Å². The van der Waals surface area contributed by atoms with Crippen LogP contribution in [0.2, 0.25) is 25.1 Å². The van der Waals surface area contributed by atoms with E-state index < -0.39 is 0 Å². The minimum atomic E-state index is -0.294. The van der Waals surface area contributed by atoms with E-state index in [0.717, 1.165) is 96.3 Å². The maximum Gasteiger partial charge on any atom is 0.274 e. The van der Waals surface area contributed by atoms with Gasteiger partial charge in [0.15, 0.2) is 0 Å². The third-order valence-corrected chi connectivity index (χ3v) is 18.8. The zero-order chi connectivity index (χ0) is 82.2. The van der Waals surface area contributed by atoms with Crippen LogP contribution in [0, 0.1) is 5.92 Å². The number of amides is 5. The van der Waals surface area contributed by atoms with Crippen LogP contribution in [0.5, 0.6) is 0 Å². The SMILES string of the molecule is COCc1cc(C(=O)NC(C)(C)C)ccc1-c1ccc(Cl)cc1.COCc1cc(C(=O)NC(C)CO)ccc1-c1ccc(Cl)cc1.COCc1cc(C(=O)NC2CCC2)ccc1-c1ccc(Cl)cc1.COCc1cc(C(=O)NCC(C)C)ccc1-c1ccc(Cl)cc1.COCc1cc(C(=O)NOC)ccc1-c1ccc(Cl)cc1. The molecule has 1 aliphatic rings. The van der Waals surface area contributed by atoms with Crippen molar-refractivity contribution in [1.29, 1.82) is 0 Å². The van der Waals surface area contributed by atoms with Crippen molar-refractivity contribution in [1.82, 2.24) is 26.7 Å². The van der Waals surface area contributed by atoms with Crippen molar-refractivity contribution in [3.8, 4) is 55.6 Å². The number of nitrogens with one attached hydrogen (secondary N) is 5. The van der Waals surface area contributed by atoms with E-state index in [1.54, 1.807) is 60.7 Å². The van der Waals surface area contributed by atoms with Crippen molar-refractivity contribution in [2.45, 2.75) is 111 Å². The number of hydroxylamine groups is 1. The Morgan fingerprint density at radius 1 is 0.389 bits per heavy atom. The highest BCUT2D eigenvalue weighted by atomic mass is 35.5. The number of aliphatic hydroxyl groups excluding tert-OH is 1. The lowest BCUT2D eigenvalue weighted by atomic mass is 9.92. The molecule has 6 N–H and O–H groups in total. The molecule has 5 amide bonds. The average molecular weight is 1630 g/mol. The molecular formula is C91H100Cl5N5O12. The molecular weight excluding hydrogens is 1530 g/mol. The number of carbonyl (C=O) groups excluding carboxylic acids is 5. The van der Waals surface area contributed by atoms with E-state index >= 15 is 0 Å². The molecule has 0 saturated heterocycles. The summed E-state index contributed by atoms with van der Waals surface area (Å²) in [6.45, 7) is 14.5. The van der Waals surface area contributed by atoms with E-state index in [1.807, 2.05) is 215 Å². The third kappa shape index (κ3) is 29.0. The van der Waals surface area contributed by atoms with E-state index in [2.05, 4.69) is 45.4 Å². The second-order valence-corrected chi connectivity index (χ2v) is 30.3. The zero-order valence-electron chi connectivity index (χ0n) is 65.8. The van der Waals surface area contributed by atoms with Crippen LogP contribution >= 0.6 is 58.0 Å². The van der Waals surface area contributed by atoms with Gasteiger partial charge >= 0.3 is 0 Å². The summed E-state index contributed by atoms with van der Waals surface area (Å²) in [5, 5.41) is 24.2. The van der Waals surface area contributed by atoms with Gasteiger partial charge in [-0.1, -0.05) is 163 Å². The molecule has 10 aromatic rings.